The number of halogens is 1. The molecule has 0 saturated carbocycles. The zero-order chi connectivity index (χ0) is 21.1. The van der Waals surface area contributed by atoms with Crippen molar-refractivity contribution >= 4 is 39.8 Å². The smallest absolute Gasteiger partial charge is 0.470 e. The van der Waals surface area contributed by atoms with Gasteiger partial charge in [-0.15, -0.1) is 0 Å². The molecule has 3 aromatic carbocycles. The molecule has 152 valence electrons. The minimum Gasteiger partial charge on any atom is -0.497 e. The summed E-state index contributed by atoms with van der Waals surface area (Å²) in [7, 11) is -2.64. The van der Waals surface area contributed by atoms with Crippen LogP contribution in [0.4, 0.5) is 0 Å². The molecule has 0 N–H and O–H groups in total. The maximum absolute atomic E-state index is 13.9. The molecular formula is C22H16BrO6P. The Hall–Kier alpha value is -3.02. The van der Waals surface area contributed by atoms with E-state index in [4.69, 9.17) is 18.2 Å². The van der Waals surface area contributed by atoms with Crippen molar-refractivity contribution in [2.24, 2.45) is 0 Å². The molecule has 0 unspecified atom stereocenters. The van der Waals surface area contributed by atoms with Gasteiger partial charge in [-0.2, -0.15) is 0 Å². The summed E-state index contributed by atoms with van der Waals surface area (Å²) >= 11 is 3.36. The summed E-state index contributed by atoms with van der Waals surface area (Å²) in [6.07, 6.45) is 0. The van der Waals surface area contributed by atoms with Crippen molar-refractivity contribution in [2.45, 2.75) is 0 Å². The summed E-state index contributed by atoms with van der Waals surface area (Å²) in [6.45, 7) is 0. The molecule has 0 amide bonds. The van der Waals surface area contributed by atoms with Gasteiger partial charge in [0.15, 0.2) is 10.9 Å². The number of para-hydroxylation sites is 2. The SMILES string of the molecule is COc1cc(Br)c2oc(=O)c(P(=O)(Oc3ccccc3)Oc3ccccc3)cc2c1. The highest BCUT2D eigenvalue weighted by molar-refractivity contribution is 9.10. The third-order valence-corrected chi connectivity index (χ3v) is 6.60. The first-order valence-corrected chi connectivity index (χ1v) is 11.2. The maximum Gasteiger partial charge on any atom is 0.470 e. The first kappa shape index (κ1) is 20.3. The van der Waals surface area contributed by atoms with E-state index in [9.17, 15) is 9.36 Å². The Balaban J connectivity index is 1.89. The van der Waals surface area contributed by atoms with Crippen LogP contribution in [0.25, 0.3) is 11.0 Å². The molecular weight excluding hydrogens is 471 g/mol. The van der Waals surface area contributed by atoms with E-state index in [-0.39, 0.29) is 5.30 Å². The number of hydrogen-bond acceptors (Lipinski definition) is 6. The molecule has 6 nitrogen and oxygen atoms in total. The van der Waals surface area contributed by atoms with E-state index in [2.05, 4.69) is 15.9 Å². The van der Waals surface area contributed by atoms with Crippen molar-refractivity contribution in [2.75, 3.05) is 7.11 Å². The molecule has 0 aliphatic rings. The van der Waals surface area contributed by atoms with E-state index in [1.165, 1.54) is 13.2 Å². The Kier molecular flexibility index (Phi) is 5.66. The number of hydrogen-bond donors (Lipinski definition) is 0. The number of ether oxygens (including phenoxy) is 1. The van der Waals surface area contributed by atoms with Crippen LogP contribution in [0.15, 0.2) is 92.5 Å². The van der Waals surface area contributed by atoms with Gasteiger partial charge in [0.2, 0.25) is 0 Å². The van der Waals surface area contributed by atoms with Crippen molar-refractivity contribution in [3.8, 4) is 17.2 Å². The van der Waals surface area contributed by atoms with Crippen LogP contribution < -0.4 is 24.7 Å². The second-order valence-electron chi connectivity index (χ2n) is 6.25. The summed E-state index contributed by atoms with van der Waals surface area (Å²) < 4.78 is 36.6. The summed E-state index contributed by atoms with van der Waals surface area (Å²) in [5.41, 5.74) is -0.515. The van der Waals surface area contributed by atoms with Crippen molar-refractivity contribution in [3.63, 3.8) is 0 Å². The first-order valence-electron chi connectivity index (χ1n) is 8.90. The van der Waals surface area contributed by atoms with Crippen LogP contribution >= 0.6 is 23.5 Å². The third-order valence-electron chi connectivity index (χ3n) is 4.21. The first-order chi connectivity index (χ1) is 14.5. The van der Waals surface area contributed by atoms with Crippen molar-refractivity contribution in [3.05, 3.63) is 93.8 Å². The van der Waals surface area contributed by atoms with Crippen LogP contribution in [-0.4, -0.2) is 7.11 Å². The van der Waals surface area contributed by atoms with Crippen LogP contribution in [0.1, 0.15) is 0 Å². The molecule has 30 heavy (non-hydrogen) atoms. The van der Waals surface area contributed by atoms with Gasteiger partial charge in [-0.25, -0.2) is 9.36 Å². The van der Waals surface area contributed by atoms with Crippen LogP contribution in [0, 0.1) is 0 Å². The van der Waals surface area contributed by atoms with Crippen LogP contribution in [0.3, 0.4) is 0 Å². The Morgan fingerprint density at radius 1 is 0.833 bits per heavy atom. The minimum absolute atomic E-state index is 0.220. The van der Waals surface area contributed by atoms with E-state index >= 15 is 0 Å². The molecule has 4 aromatic rings. The molecule has 1 heterocycles. The van der Waals surface area contributed by atoms with Crippen LogP contribution in [0.2, 0.25) is 0 Å². The quantitative estimate of drug-likeness (QED) is 0.263. The van der Waals surface area contributed by atoms with Gasteiger partial charge in [0, 0.05) is 5.39 Å². The van der Waals surface area contributed by atoms with E-state index in [0.717, 1.165) is 0 Å². The lowest BCUT2D eigenvalue weighted by Gasteiger charge is -2.19. The van der Waals surface area contributed by atoms with Crippen LogP contribution in [0.5, 0.6) is 17.2 Å². The van der Waals surface area contributed by atoms with Gasteiger partial charge in [0.1, 0.15) is 17.2 Å². The second-order valence-corrected chi connectivity index (χ2v) is 8.95. The Labute approximate surface area is 180 Å². The van der Waals surface area contributed by atoms with E-state index in [1.54, 1.807) is 72.8 Å². The number of methoxy groups -OCH3 is 1. The molecule has 8 heteroatoms. The standard InChI is InChI=1S/C22H16BrO6P/c1-26-18-12-15-13-20(22(24)27-21(15)19(23)14-18)30(25,28-16-8-4-2-5-9-16)29-17-10-6-3-7-11-17/h2-14H,1H3. The van der Waals surface area contributed by atoms with Crippen LogP contribution in [-0.2, 0) is 4.57 Å². The molecule has 0 saturated heterocycles. The average molecular weight is 487 g/mol. The topological polar surface area (TPSA) is 75.0 Å². The van der Waals surface area contributed by atoms with Gasteiger partial charge < -0.3 is 18.2 Å². The molecule has 0 radical (unpaired) electrons. The Morgan fingerprint density at radius 2 is 1.40 bits per heavy atom. The predicted octanol–water partition coefficient (Wildman–Crippen LogP) is 5.54. The predicted molar refractivity (Wildman–Crippen MR) is 118 cm³/mol. The maximum atomic E-state index is 13.9. The van der Waals surface area contributed by atoms with Gasteiger partial charge in [0.05, 0.1) is 11.6 Å². The highest BCUT2D eigenvalue weighted by atomic mass is 79.9. The fourth-order valence-corrected chi connectivity index (χ4v) is 4.96. The molecule has 0 aliphatic carbocycles. The summed E-state index contributed by atoms with van der Waals surface area (Å²) in [6, 6.07) is 21.8. The highest BCUT2D eigenvalue weighted by Gasteiger charge is 2.36. The zero-order valence-electron chi connectivity index (χ0n) is 15.8. The van der Waals surface area contributed by atoms with Gasteiger partial charge in [-0.3, -0.25) is 0 Å². The highest BCUT2D eigenvalue weighted by Crippen LogP contribution is 2.47. The largest absolute Gasteiger partial charge is 0.497 e. The zero-order valence-corrected chi connectivity index (χ0v) is 18.3. The lowest BCUT2D eigenvalue weighted by atomic mass is 10.2. The normalized spacial score (nSPS) is 11.3. The summed E-state index contributed by atoms with van der Waals surface area (Å²) in [4.78, 5) is 12.8. The molecule has 4 rings (SSSR count). The summed E-state index contributed by atoms with van der Waals surface area (Å²) in [5, 5.41) is 0.284. The van der Waals surface area contributed by atoms with E-state index in [0.29, 0.717) is 32.7 Å². The molecule has 0 bridgehead atoms. The fraction of sp³-hybridized carbons (Fsp3) is 0.0455. The lowest BCUT2D eigenvalue weighted by Crippen LogP contribution is -2.28. The second kappa shape index (κ2) is 8.38. The van der Waals surface area contributed by atoms with Crippen molar-refractivity contribution in [1.29, 1.82) is 0 Å². The molecule has 0 spiro atoms. The average Bonchev–Trinajstić information content (AvgIpc) is 2.75. The summed E-state index contributed by atoms with van der Waals surface area (Å²) in [5.74, 6) is 1.13. The van der Waals surface area contributed by atoms with Gasteiger partial charge >= 0.3 is 13.2 Å². The fourth-order valence-electron chi connectivity index (χ4n) is 2.82. The Morgan fingerprint density at radius 3 is 1.93 bits per heavy atom. The molecule has 0 fully saturated rings. The number of benzene rings is 3. The number of fused-ring (bicyclic) bond motifs is 1. The van der Waals surface area contributed by atoms with E-state index < -0.39 is 13.2 Å². The monoisotopic (exact) mass is 486 g/mol. The van der Waals surface area contributed by atoms with Gasteiger partial charge in [-0.05, 0) is 58.4 Å². The van der Waals surface area contributed by atoms with E-state index in [1.807, 2.05) is 0 Å². The lowest BCUT2D eigenvalue weighted by molar-refractivity contribution is 0.397. The minimum atomic E-state index is -4.16. The third kappa shape index (κ3) is 4.13. The molecule has 1 aromatic heterocycles. The van der Waals surface area contributed by atoms with Gasteiger partial charge in [-0.1, -0.05) is 36.4 Å². The Bertz CT molecular complexity index is 1240. The number of rotatable bonds is 6. The molecule has 0 atom stereocenters. The van der Waals surface area contributed by atoms with Gasteiger partial charge in [0.25, 0.3) is 0 Å². The molecule has 0 aliphatic heterocycles. The van der Waals surface area contributed by atoms with Crippen molar-refractivity contribution in [1.82, 2.24) is 0 Å². The van der Waals surface area contributed by atoms with Crippen molar-refractivity contribution < 1.29 is 22.8 Å².